The van der Waals surface area contributed by atoms with Crippen molar-refractivity contribution in [3.8, 4) is 6.07 Å². The second kappa shape index (κ2) is 8.79. The Kier molecular flexibility index (Phi) is 5.86. The summed E-state index contributed by atoms with van der Waals surface area (Å²) in [7, 11) is 0. The number of rotatable bonds is 5. The number of urea groups is 1. The summed E-state index contributed by atoms with van der Waals surface area (Å²) >= 11 is 0. The zero-order chi connectivity index (χ0) is 24.5. The van der Waals surface area contributed by atoms with Gasteiger partial charge >= 0.3 is 6.03 Å². The number of carbonyl (C=O) groups excluding carboxylic acids is 3. The van der Waals surface area contributed by atoms with Crippen LogP contribution in [0.15, 0.2) is 66.7 Å². The number of halogens is 1. The molecule has 1 aliphatic heterocycles. The Hall–Kier alpha value is -4.51. The second-order valence-corrected chi connectivity index (χ2v) is 8.24. The first-order valence-corrected chi connectivity index (χ1v) is 10.5. The number of carbonyl (C=O) groups is 3. The van der Waals surface area contributed by atoms with Gasteiger partial charge in [-0.3, -0.25) is 14.9 Å². The van der Waals surface area contributed by atoms with Crippen LogP contribution in [0.5, 0.6) is 0 Å². The molecule has 4 rings (SSSR count). The fourth-order valence-electron chi connectivity index (χ4n) is 3.96. The molecule has 1 fully saturated rings. The Labute approximate surface area is 195 Å². The molecule has 1 aliphatic rings. The number of imide groups is 1. The molecule has 0 aromatic heterocycles. The molecular weight excluding hydrogens is 435 g/mol. The highest BCUT2D eigenvalue weighted by Crippen LogP contribution is 2.28. The van der Waals surface area contributed by atoms with Gasteiger partial charge in [0.1, 0.15) is 11.4 Å². The summed E-state index contributed by atoms with van der Waals surface area (Å²) in [6, 6.07) is 19.0. The van der Waals surface area contributed by atoms with Gasteiger partial charge in [0.25, 0.3) is 11.8 Å². The third kappa shape index (κ3) is 4.24. The van der Waals surface area contributed by atoms with Crippen molar-refractivity contribution in [1.82, 2.24) is 10.6 Å². The number of amides is 4. The van der Waals surface area contributed by atoms with Crippen molar-refractivity contribution in [2.45, 2.75) is 25.9 Å². The lowest BCUT2D eigenvalue weighted by molar-refractivity contribution is -0.123. The van der Waals surface area contributed by atoms with Gasteiger partial charge in [-0.1, -0.05) is 24.3 Å². The predicted molar refractivity (Wildman–Crippen MR) is 123 cm³/mol. The Morgan fingerprint density at radius 3 is 2.44 bits per heavy atom. The molecule has 0 radical (unpaired) electrons. The molecular formula is C26H21FN4O3. The molecule has 0 bridgehead atoms. The van der Waals surface area contributed by atoms with Crippen LogP contribution >= 0.6 is 0 Å². The Morgan fingerprint density at radius 1 is 1.09 bits per heavy atom. The van der Waals surface area contributed by atoms with E-state index in [1.807, 2.05) is 6.07 Å². The number of anilines is 1. The maximum absolute atomic E-state index is 13.7. The van der Waals surface area contributed by atoms with E-state index in [4.69, 9.17) is 0 Å². The van der Waals surface area contributed by atoms with Gasteiger partial charge in [0, 0.05) is 11.3 Å². The topological polar surface area (TPSA) is 102 Å². The van der Waals surface area contributed by atoms with Crippen molar-refractivity contribution in [2.24, 2.45) is 0 Å². The number of benzene rings is 3. The second-order valence-electron chi connectivity index (χ2n) is 8.24. The average Bonchev–Trinajstić information content (AvgIpc) is 3.09. The smallest absolute Gasteiger partial charge is 0.320 e. The van der Waals surface area contributed by atoms with Crippen molar-refractivity contribution in [3.63, 3.8) is 0 Å². The number of nitriles is 1. The maximum Gasteiger partial charge on any atom is 0.322 e. The van der Waals surface area contributed by atoms with E-state index in [2.05, 4.69) is 16.7 Å². The Balaban J connectivity index is 1.69. The van der Waals surface area contributed by atoms with Crippen molar-refractivity contribution in [3.05, 3.63) is 100 Å². The average molecular weight is 456 g/mol. The number of hydrogen-bond donors (Lipinski definition) is 2. The van der Waals surface area contributed by atoms with Gasteiger partial charge < -0.3 is 10.2 Å². The molecule has 0 saturated carbocycles. The van der Waals surface area contributed by atoms with E-state index in [1.165, 1.54) is 17.0 Å². The van der Waals surface area contributed by atoms with Gasteiger partial charge in [-0.05, 0) is 73.0 Å². The molecule has 7 nitrogen and oxygen atoms in total. The molecule has 170 valence electrons. The largest absolute Gasteiger partial charge is 0.322 e. The van der Waals surface area contributed by atoms with E-state index in [-0.39, 0.29) is 12.5 Å². The minimum absolute atomic E-state index is 0.165. The van der Waals surface area contributed by atoms with E-state index in [1.54, 1.807) is 62.4 Å². The SMILES string of the molecule is Cc1cc(F)ccc1N(Cc1cccc(C#N)c1)C(=O)c1ccc(C2(C)NC(=O)NC2=O)cc1. The van der Waals surface area contributed by atoms with Crippen LogP contribution in [-0.4, -0.2) is 17.8 Å². The predicted octanol–water partition coefficient (Wildman–Crippen LogP) is 3.91. The Morgan fingerprint density at radius 2 is 1.82 bits per heavy atom. The standard InChI is InChI=1S/C26H21FN4O3/c1-16-12-21(27)10-11-22(16)31(15-18-5-3-4-17(13-18)14-28)23(32)19-6-8-20(9-7-19)26(2)24(33)29-25(34)30-26/h3-13H,15H2,1-2H3,(H2,29,30,33,34). The number of nitrogens with zero attached hydrogens (tertiary/aromatic N) is 2. The molecule has 0 aliphatic carbocycles. The monoisotopic (exact) mass is 456 g/mol. The minimum Gasteiger partial charge on any atom is -0.320 e. The van der Waals surface area contributed by atoms with E-state index < -0.39 is 23.3 Å². The third-order valence-corrected chi connectivity index (χ3v) is 5.85. The zero-order valence-electron chi connectivity index (χ0n) is 18.6. The lowest BCUT2D eigenvalue weighted by Crippen LogP contribution is -2.40. The number of hydrogen-bond acceptors (Lipinski definition) is 4. The van der Waals surface area contributed by atoms with Crippen LogP contribution in [0.25, 0.3) is 0 Å². The van der Waals surface area contributed by atoms with Crippen LogP contribution < -0.4 is 15.5 Å². The van der Waals surface area contributed by atoms with Crippen LogP contribution in [0.2, 0.25) is 0 Å². The third-order valence-electron chi connectivity index (χ3n) is 5.85. The zero-order valence-corrected chi connectivity index (χ0v) is 18.6. The first kappa shape index (κ1) is 22.7. The molecule has 3 aromatic rings. The number of aryl methyl sites for hydroxylation is 1. The maximum atomic E-state index is 13.7. The van der Waals surface area contributed by atoms with Gasteiger partial charge in [-0.15, -0.1) is 0 Å². The molecule has 3 aromatic carbocycles. The lowest BCUT2D eigenvalue weighted by atomic mass is 9.91. The van der Waals surface area contributed by atoms with Gasteiger partial charge in [-0.25, -0.2) is 9.18 Å². The molecule has 1 heterocycles. The summed E-state index contributed by atoms with van der Waals surface area (Å²) < 4.78 is 13.7. The first-order valence-electron chi connectivity index (χ1n) is 10.5. The summed E-state index contributed by atoms with van der Waals surface area (Å²) in [5.74, 6) is -1.22. The molecule has 4 amide bonds. The van der Waals surface area contributed by atoms with Gasteiger partial charge in [-0.2, -0.15) is 5.26 Å². The summed E-state index contributed by atoms with van der Waals surface area (Å²) in [4.78, 5) is 38.9. The minimum atomic E-state index is -1.23. The normalized spacial score (nSPS) is 17.0. The van der Waals surface area contributed by atoms with Crippen LogP contribution in [0.4, 0.5) is 14.9 Å². The van der Waals surface area contributed by atoms with Gasteiger partial charge in [0.2, 0.25) is 0 Å². The van der Waals surface area contributed by atoms with E-state index in [9.17, 15) is 24.0 Å². The van der Waals surface area contributed by atoms with E-state index in [0.717, 1.165) is 5.56 Å². The van der Waals surface area contributed by atoms with Crippen LogP contribution in [0.3, 0.4) is 0 Å². The molecule has 1 atom stereocenters. The van der Waals surface area contributed by atoms with Gasteiger partial charge in [0.15, 0.2) is 0 Å². The molecule has 8 heteroatoms. The molecule has 1 saturated heterocycles. The fraction of sp³-hybridized carbons (Fsp3) is 0.154. The van der Waals surface area contributed by atoms with E-state index >= 15 is 0 Å². The quantitative estimate of drug-likeness (QED) is 0.569. The summed E-state index contributed by atoms with van der Waals surface area (Å²) in [5.41, 5.74) is 1.96. The Bertz CT molecular complexity index is 1350. The van der Waals surface area contributed by atoms with Crippen molar-refractivity contribution in [1.29, 1.82) is 5.26 Å². The van der Waals surface area contributed by atoms with Crippen molar-refractivity contribution < 1.29 is 18.8 Å². The fourth-order valence-corrected chi connectivity index (χ4v) is 3.96. The van der Waals surface area contributed by atoms with E-state index in [0.29, 0.717) is 27.9 Å². The lowest BCUT2D eigenvalue weighted by Gasteiger charge is -2.26. The van der Waals surface area contributed by atoms with Crippen LogP contribution in [0, 0.1) is 24.1 Å². The van der Waals surface area contributed by atoms with Crippen molar-refractivity contribution >= 4 is 23.5 Å². The van der Waals surface area contributed by atoms with Gasteiger partial charge in [0.05, 0.1) is 18.2 Å². The van der Waals surface area contributed by atoms with Crippen LogP contribution in [-0.2, 0) is 16.9 Å². The number of nitrogens with one attached hydrogen (secondary N) is 2. The molecule has 34 heavy (non-hydrogen) atoms. The highest BCUT2D eigenvalue weighted by atomic mass is 19.1. The first-order chi connectivity index (χ1) is 16.2. The van der Waals surface area contributed by atoms with Crippen molar-refractivity contribution in [2.75, 3.05) is 4.90 Å². The van der Waals surface area contributed by atoms with Crippen LogP contribution in [0.1, 0.15) is 39.5 Å². The highest BCUT2D eigenvalue weighted by molar-refractivity contribution is 6.08. The summed E-state index contributed by atoms with van der Waals surface area (Å²) in [6.45, 7) is 3.47. The molecule has 0 spiro atoms. The highest BCUT2D eigenvalue weighted by Gasteiger charge is 2.43. The summed E-state index contributed by atoms with van der Waals surface area (Å²) in [5, 5.41) is 14.0. The summed E-state index contributed by atoms with van der Waals surface area (Å²) in [6.07, 6.45) is 0. The molecule has 1 unspecified atom stereocenters. The molecule has 2 N–H and O–H groups in total.